The summed E-state index contributed by atoms with van der Waals surface area (Å²) in [5, 5.41) is 13.4. The molecular weight excluding hydrogens is 412 g/mol. The number of sulfonamides is 1. The Labute approximate surface area is 173 Å². The van der Waals surface area contributed by atoms with E-state index in [2.05, 4.69) is 5.32 Å². The summed E-state index contributed by atoms with van der Waals surface area (Å²) in [5.41, 5.74) is -0.240. The zero-order valence-electron chi connectivity index (χ0n) is 16.2. The van der Waals surface area contributed by atoms with Crippen molar-refractivity contribution in [2.75, 3.05) is 13.1 Å². The number of rotatable bonds is 7. The van der Waals surface area contributed by atoms with Crippen molar-refractivity contribution >= 4 is 21.6 Å². The molecule has 0 unspecified atom stereocenters. The number of amides is 1. The number of nitrogens with zero attached hydrogens (tertiary/aromatic N) is 3. The minimum atomic E-state index is -3.58. The van der Waals surface area contributed by atoms with Gasteiger partial charge in [0.1, 0.15) is 6.54 Å². The molecule has 0 aliphatic carbocycles. The molecule has 1 N–H and O–H groups in total. The van der Waals surface area contributed by atoms with Crippen molar-refractivity contribution in [1.82, 2.24) is 14.2 Å². The van der Waals surface area contributed by atoms with Gasteiger partial charge in [-0.2, -0.15) is 4.31 Å². The number of pyridine rings is 1. The molecule has 0 radical (unpaired) electrons. The number of hydrogen-bond acceptors (Lipinski definition) is 6. The van der Waals surface area contributed by atoms with E-state index in [0.717, 1.165) is 42.2 Å². The lowest BCUT2D eigenvalue weighted by Gasteiger charge is -2.26. The predicted octanol–water partition coefficient (Wildman–Crippen LogP) is 1.25. The second-order valence-corrected chi connectivity index (χ2v) is 8.94. The monoisotopic (exact) mass is 434 g/mol. The maximum absolute atomic E-state index is 12.8. The zero-order valence-corrected chi connectivity index (χ0v) is 17.0. The molecule has 1 aliphatic rings. The van der Waals surface area contributed by atoms with Gasteiger partial charge in [-0.25, -0.2) is 8.42 Å². The Balaban J connectivity index is 1.66. The van der Waals surface area contributed by atoms with Crippen molar-refractivity contribution in [1.29, 1.82) is 0 Å². The number of nitrogens with one attached hydrogen (secondary N) is 1. The van der Waals surface area contributed by atoms with E-state index in [0.29, 0.717) is 18.7 Å². The highest BCUT2D eigenvalue weighted by molar-refractivity contribution is 7.89. The molecule has 0 spiro atoms. The van der Waals surface area contributed by atoms with E-state index in [1.807, 2.05) is 0 Å². The molecule has 30 heavy (non-hydrogen) atoms. The second kappa shape index (κ2) is 9.18. The summed E-state index contributed by atoms with van der Waals surface area (Å²) in [7, 11) is -3.58. The maximum Gasteiger partial charge on any atom is 0.285 e. The zero-order chi connectivity index (χ0) is 21.7. The summed E-state index contributed by atoms with van der Waals surface area (Å²) in [6.07, 6.45) is 3.71. The Morgan fingerprint density at radius 1 is 1.13 bits per heavy atom. The van der Waals surface area contributed by atoms with Gasteiger partial charge in [0.2, 0.25) is 15.9 Å². The normalized spacial score (nSPS) is 14.9. The first-order valence-electron chi connectivity index (χ1n) is 9.48. The average molecular weight is 434 g/mol. The number of benzene rings is 1. The first kappa shape index (κ1) is 21.7. The molecule has 1 fully saturated rings. The Kier molecular flexibility index (Phi) is 6.63. The van der Waals surface area contributed by atoms with E-state index in [1.165, 1.54) is 16.4 Å². The van der Waals surface area contributed by atoms with Crippen molar-refractivity contribution in [3.05, 3.63) is 68.6 Å². The molecule has 2 heterocycles. The first-order chi connectivity index (χ1) is 14.3. The number of carbonyl (C=O) groups excluding carboxylic acids is 1. The van der Waals surface area contributed by atoms with Gasteiger partial charge in [-0.15, -0.1) is 0 Å². The Bertz CT molecular complexity index is 1110. The quantitative estimate of drug-likeness (QED) is 0.515. The van der Waals surface area contributed by atoms with E-state index in [1.54, 1.807) is 12.1 Å². The fourth-order valence-electron chi connectivity index (χ4n) is 3.23. The largest absolute Gasteiger partial charge is 0.350 e. The summed E-state index contributed by atoms with van der Waals surface area (Å²) >= 11 is 0. The SMILES string of the molecule is O=C(Cn1cc([N+](=O)[O-])ccc1=O)NCc1cccc(S(=O)(=O)N2CCCCC2)c1. The Morgan fingerprint density at radius 2 is 1.87 bits per heavy atom. The van der Waals surface area contributed by atoms with E-state index in [4.69, 9.17) is 0 Å². The van der Waals surface area contributed by atoms with Crippen molar-refractivity contribution < 1.29 is 18.1 Å². The number of hydrogen-bond donors (Lipinski definition) is 1. The van der Waals surface area contributed by atoms with Gasteiger partial charge in [-0.05, 0) is 30.5 Å². The number of piperidine rings is 1. The molecule has 2 aromatic rings. The van der Waals surface area contributed by atoms with Crippen LogP contribution >= 0.6 is 0 Å². The van der Waals surface area contributed by atoms with Gasteiger partial charge < -0.3 is 5.32 Å². The van der Waals surface area contributed by atoms with Crippen LogP contribution in [0.4, 0.5) is 5.69 Å². The lowest BCUT2D eigenvalue weighted by Crippen LogP contribution is -2.35. The second-order valence-electron chi connectivity index (χ2n) is 7.00. The third-order valence-electron chi connectivity index (χ3n) is 4.83. The van der Waals surface area contributed by atoms with Gasteiger partial charge in [0, 0.05) is 31.8 Å². The molecule has 10 nitrogen and oxygen atoms in total. The van der Waals surface area contributed by atoms with Crippen LogP contribution < -0.4 is 10.9 Å². The summed E-state index contributed by atoms with van der Waals surface area (Å²) < 4.78 is 28.0. The minimum absolute atomic E-state index is 0.0614. The van der Waals surface area contributed by atoms with Gasteiger partial charge in [-0.1, -0.05) is 18.6 Å². The molecule has 11 heteroatoms. The lowest BCUT2D eigenvalue weighted by molar-refractivity contribution is -0.385. The highest BCUT2D eigenvalue weighted by Crippen LogP contribution is 2.21. The van der Waals surface area contributed by atoms with Crippen LogP contribution in [0.15, 0.2) is 52.3 Å². The predicted molar refractivity (Wildman–Crippen MR) is 108 cm³/mol. The van der Waals surface area contributed by atoms with E-state index in [9.17, 15) is 28.1 Å². The Morgan fingerprint density at radius 3 is 2.57 bits per heavy atom. The smallest absolute Gasteiger partial charge is 0.285 e. The summed E-state index contributed by atoms with van der Waals surface area (Å²) in [4.78, 5) is 34.3. The van der Waals surface area contributed by atoms with Gasteiger partial charge in [0.05, 0.1) is 16.0 Å². The molecule has 0 saturated carbocycles. The van der Waals surface area contributed by atoms with Crippen LogP contribution in [0, 0.1) is 10.1 Å². The van der Waals surface area contributed by atoms with Crippen molar-refractivity contribution in [2.24, 2.45) is 0 Å². The third-order valence-corrected chi connectivity index (χ3v) is 6.73. The van der Waals surface area contributed by atoms with E-state index in [-0.39, 0.29) is 23.7 Å². The van der Waals surface area contributed by atoms with Crippen LogP contribution in [0.1, 0.15) is 24.8 Å². The van der Waals surface area contributed by atoms with Crippen LogP contribution in [-0.4, -0.2) is 41.2 Å². The van der Waals surface area contributed by atoms with Gasteiger partial charge in [-0.3, -0.25) is 24.3 Å². The van der Waals surface area contributed by atoms with Crippen molar-refractivity contribution in [3.8, 4) is 0 Å². The first-order valence-corrected chi connectivity index (χ1v) is 10.9. The minimum Gasteiger partial charge on any atom is -0.350 e. The standard InChI is InChI=1S/C19H22N4O6S/c24-18(14-21-13-16(23(26)27)7-8-19(21)25)20-12-15-5-4-6-17(11-15)30(28,29)22-9-2-1-3-10-22/h4-8,11,13H,1-3,9-10,12,14H2,(H,20,24). The van der Waals surface area contributed by atoms with Crippen LogP contribution in [-0.2, 0) is 27.9 Å². The van der Waals surface area contributed by atoms with Gasteiger partial charge in [0.25, 0.3) is 11.2 Å². The highest BCUT2D eigenvalue weighted by atomic mass is 32.2. The van der Waals surface area contributed by atoms with Crippen LogP contribution in [0.3, 0.4) is 0 Å². The summed E-state index contributed by atoms with van der Waals surface area (Å²) in [6.45, 7) is 0.681. The number of nitro groups is 1. The number of carbonyl (C=O) groups is 1. The number of aromatic nitrogens is 1. The van der Waals surface area contributed by atoms with Gasteiger partial charge in [0.15, 0.2) is 0 Å². The molecule has 1 amide bonds. The average Bonchev–Trinajstić information content (AvgIpc) is 2.74. The molecule has 0 atom stereocenters. The highest BCUT2D eigenvalue weighted by Gasteiger charge is 2.25. The summed E-state index contributed by atoms with van der Waals surface area (Å²) in [5.74, 6) is -0.526. The van der Waals surface area contributed by atoms with Gasteiger partial charge >= 0.3 is 0 Å². The van der Waals surface area contributed by atoms with E-state index >= 15 is 0 Å². The molecule has 3 rings (SSSR count). The molecular formula is C19H22N4O6S. The lowest BCUT2D eigenvalue weighted by atomic mass is 10.2. The van der Waals surface area contributed by atoms with Crippen LogP contribution in [0.2, 0.25) is 0 Å². The molecule has 1 aromatic heterocycles. The maximum atomic E-state index is 12.8. The molecule has 1 aromatic carbocycles. The van der Waals surface area contributed by atoms with Crippen molar-refractivity contribution in [2.45, 2.75) is 37.2 Å². The van der Waals surface area contributed by atoms with Crippen LogP contribution in [0.5, 0.6) is 0 Å². The van der Waals surface area contributed by atoms with Crippen molar-refractivity contribution in [3.63, 3.8) is 0 Å². The molecule has 1 saturated heterocycles. The molecule has 0 bridgehead atoms. The molecule has 160 valence electrons. The van der Waals surface area contributed by atoms with Crippen LogP contribution in [0.25, 0.3) is 0 Å². The summed E-state index contributed by atoms with van der Waals surface area (Å²) in [6, 6.07) is 8.45. The fourth-order valence-corrected chi connectivity index (χ4v) is 4.82. The van der Waals surface area contributed by atoms with E-state index < -0.39 is 26.4 Å². The Hall–Kier alpha value is -3.05. The third kappa shape index (κ3) is 5.10. The fraction of sp³-hybridized carbons (Fsp3) is 0.368. The topological polar surface area (TPSA) is 132 Å². The molecule has 1 aliphatic heterocycles.